The van der Waals surface area contributed by atoms with Crippen LogP contribution >= 0.6 is 11.8 Å². The fraction of sp³-hybridized carbons (Fsp3) is 0.500. The highest BCUT2D eigenvalue weighted by Gasteiger charge is 2.13. The van der Waals surface area contributed by atoms with Crippen LogP contribution < -0.4 is 5.32 Å². The fourth-order valence-corrected chi connectivity index (χ4v) is 2.28. The minimum absolute atomic E-state index is 0.0365. The van der Waals surface area contributed by atoms with Crippen LogP contribution in [0.15, 0.2) is 18.2 Å². The molecule has 0 fully saturated rings. The highest BCUT2D eigenvalue weighted by atomic mass is 32.2. The normalized spacial score (nSPS) is 14.8. The predicted molar refractivity (Wildman–Crippen MR) is 67.5 cm³/mol. The molecular weight excluding hydrogens is 225 g/mol. The number of benzene rings is 1. The smallest absolute Gasteiger partial charge is 0.131 e. The number of phenolic OH excluding ortho intramolecular Hbond substituents is 1. The molecule has 1 rings (SSSR count). The van der Waals surface area contributed by atoms with Crippen molar-refractivity contribution in [3.8, 4) is 5.75 Å². The molecule has 0 amide bonds. The van der Waals surface area contributed by atoms with Crippen molar-refractivity contribution < 1.29 is 9.50 Å². The van der Waals surface area contributed by atoms with E-state index < -0.39 is 0 Å². The van der Waals surface area contributed by atoms with Gasteiger partial charge >= 0.3 is 0 Å². The van der Waals surface area contributed by atoms with Crippen LogP contribution in [0.4, 0.5) is 4.39 Å². The first-order valence-corrected chi connectivity index (χ1v) is 6.67. The molecule has 0 aliphatic rings. The lowest BCUT2D eigenvalue weighted by Gasteiger charge is -2.20. The summed E-state index contributed by atoms with van der Waals surface area (Å²) in [5.41, 5.74) is 0.589. The number of aromatic hydroxyl groups is 1. The van der Waals surface area contributed by atoms with Gasteiger partial charge in [0.15, 0.2) is 0 Å². The maximum absolute atomic E-state index is 13.5. The topological polar surface area (TPSA) is 32.3 Å². The van der Waals surface area contributed by atoms with Gasteiger partial charge in [0, 0.05) is 29.5 Å². The molecule has 0 aromatic heterocycles. The van der Waals surface area contributed by atoms with Gasteiger partial charge in [0.2, 0.25) is 0 Å². The average Bonchev–Trinajstić information content (AvgIpc) is 2.17. The first-order valence-electron chi connectivity index (χ1n) is 5.28. The Morgan fingerprint density at radius 2 is 2.12 bits per heavy atom. The number of thioether (sulfide) groups is 1. The third-order valence-corrected chi connectivity index (χ3v) is 3.24. The molecule has 16 heavy (non-hydrogen) atoms. The van der Waals surface area contributed by atoms with E-state index in [1.807, 2.05) is 13.2 Å². The van der Waals surface area contributed by atoms with Gasteiger partial charge in [-0.3, -0.25) is 0 Å². The van der Waals surface area contributed by atoms with E-state index in [0.29, 0.717) is 11.6 Å². The van der Waals surface area contributed by atoms with Crippen LogP contribution in [0.2, 0.25) is 0 Å². The van der Waals surface area contributed by atoms with Crippen LogP contribution in [0.5, 0.6) is 5.75 Å². The van der Waals surface area contributed by atoms with Crippen molar-refractivity contribution in [3.63, 3.8) is 0 Å². The second-order valence-corrected chi connectivity index (χ2v) is 4.86. The second kappa shape index (κ2) is 6.11. The molecule has 2 unspecified atom stereocenters. The van der Waals surface area contributed by atoms with E-state index in [4.69, 9.17) is 5.11 Å². The Morgan fingerprint density at radius 3 is 2.69 bits per heavy atom. The Labute approximate surface area is 100 Å². The Kier molecular flexibility index (Phi) is 5.09. The third kappa shape index (κ3) is 3.68. The average molecular weight is 243 g/mol. The minimum Gasteiger partial charge on any atom is -0.508 e. The summed E-state index contributed by atoms with van der Waals surface area (Å²) in [6.07, 6.45) is 2.05. The van der Waals surface area contributed by atoms with E-state index >= 15 is 0 Å². The van der Waals surface area contributed by atoms with Gasteiger partial charge in [0.25, 0.3) is 0 Å². The van der Waals surface area contributed by atoms with E-state index in [2.05, 4.69) is 12.2 Å². The van der Waals surface area contributed by atoms with Crippen LogP contribution in [-0.2, 0) is 0 Å². The number of halogens is 1. The van der Waals surface area contributed by atoms with Gasteiger partial charge in [-0.25, -0.2) is 4.39 Å². The molecule has 2 nitrogen and oxygen atoms in total. The van der Waals surface area contributed by atoms with E-state index in [-0.39, 0.29) is 17.6 Å². The predicted octanol–water partition coefficient (Wildman–Crippen LogP) is 2.93. The van der Waals surface area contributed by atoms with Gasteiger partial charge in [-0.1, -0.05) is 6.07 Å². The molecule has 0 saturated heterocycles. The molecule has 0 radical (unpaired) electrons. The summed E-state index contributed by atoms with van der Waals surface area (Å²) in [4.78, 5) is 0. The van der Waals surface area contributed by atoms with E-state index in [0.717, 1.165) is 11.8 Å². The summed E-state index contributed by atoms with van der Waals surface area (Å²) in [6.45, 7) is 4.00. The van der Waals surface area contributed by atoms with Crippen LogP contribution in [0, 0.1) is 5.82 Å². The summed E-state index contributed by atoms with van der Waals surface area (Å²) in [6, 6.07) is 4.55. The molecule has 0 bridgehead atoms. The van der Waals surface area contributed by atoms with Crippen molar-refractivity contribution in [3.05, 3.63) is 29.6 Å². The number of phenols is 1. The molecule has 0 aliphatic carbocycles. The lowest BCUT2D eigenvalue weighted by atomic mass is 10.1. The zero-order valence-corrected chi connectivity index (χ0v) is 10.6. The molecule has 2 N–H and O–H groups in total. The molecule has 4 heteroatoms. The Morgan fingerprint density at radius 1 is 1.44 bits per heavy atom. The Balaban J connectivity index is 2.69. The first-order chi connectivity index (χ1) is 7.54. The SMILES string of the molecule is CSCC(C)NC(C)c1ccc(O)cc1F. The number of rotatable bonds is 5. The maximum Gasteiger partial charge on any atom is 0.131 e. The van der Waals surface area contributed by atoms with E-state index in [1.54, 1.807) is 17.8 Å². The third-order valence-electron chi connectivity index (χ3n) is 2.40. The fourth-order valence-electron chi connectivity index (χ4n) is 1.68. The van der Waals surface area contributed by atoms with E-state index in [9.17, 15) is 4.39 Å². The van der Waals surface area contributed by atoms with Crippen molar-refractivity contribution >= 4 is 11.8 Å². The molecular formula is C12H18FNOS. The quantitative estimate of drug-likeness (QED) is 0.834. The van der Waals surface area contributed by atoms with Crippen LogP contribution in [0.3, 0.4) is 0 Å². The molecule has 0 spiro atoms. The summed E-state index contributed by atoms with van der Waals surface area (Å²) in [5, 5.41) is 12.4. The first kappa shape index (κ1) is 13.3. The van der Waals surface area contributed by atoms with Crippen molar-refractivity contribution in [2.75, 3.05) is 12.0 Å². The number of hydrogen-bond acceptors (Lipinski definition) is 3. The molecule has 0 heterocycles. The van der Waals surface area contributed by atoms with Gasteiger partial charge in [0.1, 0.15) is 11.6 Å². The van der Waals surface area contributed by atoms with Gasteiger partial charge in [0.05, 0.1) is 0 Å². The highest BCUT2D eigenvalue weighted by Crippen LogP contribution is 2.21. The van der Waals surface area contributed by atoms with E-state index in [1.165, 1.54) is 6.07 Å². The zero-order valence-electron chi connectivity index (χ0n) is 9.83. The summed E-state index contributed by atoms with van der Waals surface area (Å²) in [7, 11) is 0. The molecule has 1 aromatic rings. The zero-order chi connectivity index (χ0) is 12.1. The molecule has 90 valence electrons. The van der Waals surface area contributed by atoms with Crippen molar-refractivity contribution in [2.45, 2.75) is 25.9 Å². The van der Waals surface area contributed by atoms with Gasteiger partial charge in [-0.15, -0.1) is 0 Å². The van der Waals surface area contributed by atoms with Gasteiger partial charge < -0.3 is 10.4 Å². The summed E-state index contributed by atoms with van der Waals surface area (Å²) >= 11 is 1.76. The minimum atomic E-state index is -0.364. The van der Waals surface area contributed by atoms with Crippen molar-refractivity contribution in [1.82, 2.24) is 5.32 Å². The van der Waals surface area contributed by atoms with Gasteiger partial charge in [-0.2, -0.15) is 11.8 Å². The summed E-state index contributed by atoms with van der Waals surface area (Å²) < 4.78 is 13.5. The second-order valence-electron chi connectivity index (χ2n) is 3.95. The van der Waals surface area contributed by atoms with Gasteiger partial charge in [-0.05, 0) is 26.2 Å². The molecule has 0 aliphatic heterocycles. The molecule has 1 aromatic carbocycles. The molecule has 0 saturated carbocycles. The van der Waals surface area contributed by atoms with Crippen LogP contribution in [-0.4, -0.2) is 23.2 Å². The monoisotopic (exact) mass is 243 g/mol. The lowest BCUT2D eigenvalue weighted by Crippen LogP contribution is -2.31. The number of nitrogens with one attached hydrogen (secondary N) is 1. The highest BCUT2D eigenvalue weighted by molar-refractivity contribution is 7.98. The maximum atomic E-state index is 13.5. The Bertz CT molecular complexity index is 346. The van der Waals surface area contributed by atoms with Crippen LogP contribution in [0.1, 0.15) is 25.5 Å². The van der Waals surface area contributed by atoms with Crippen molar-refractivity contribution in [2.24, 2.45) is 0 Å². The standard InChI is InChI=1S/C12H18FNOS/c1-8(7-16-3)14-9(2)11-5-4-10(15)6-12(11)13/h4-6,8-9,14-15H,7H2,1-3H3. The Hall–Kier alpha value is -0.740. The molecule has 2 atom stereocenters. The van der Waals surface area contributed by atoms with Crippen molar-refractivity contribution in [1.29, 1.82) is 0 Å². The van der Waals surface area contributed by atoms with Crippen LogP contribution in [0.25, 0.3) is 0 Å². The number of hydrogen-bond donors (Lipinski definition) is 2. The lowest BCUT2D eigenvalue weighted by molar-refractivity contribution is 0.458. The summed E-state index contributed by atoms with van der Waals surface area (Å²) in [5.74, 6) is 0.589. The largest absolute Gasteiger partial charge is 0.508 e.